The molecule has 13 heteroatoms. The first-order valence-electron chi connectivity index (χ1n) is 2.61. The van der Waals surface area contributed by atoms with Crippen molar-refractivity contribution in [2.75, 3.05) is 0 Å². The molecule has 17 heavy (non-hydrogen) atoms. The average Bonchev–Trinajstić information content (AvgIpc) is 1.76. The fraction of sp³-hybridized carbons (Fsp3) is 0. The van der Waals surface area contributed by atoms with Gasteiger partial charge in [0.15, 0.2) is 0 Å². The molecule has 100 valence electrons. The van der Waals surface area contributed by atoms with Gasteiger partial charge < -0.3 is 40.9 Å². The molecule has 0 aliphatic heterocycles. The minimum atomic E-state index is -1.83. The normalized spacial score (nSPS) is 5.65. The maximum absolute atomic E-state index is 8.56. The summed E-state index contributed by atoms with van der Waals surface area (Å²) in [5, 5.41) is 55.8. The Morgan fingerprint density at radius 2 is 0.412 bits per heavy atom. The van der Waals surface area contributed by atoms with Crippen molar-refractivity contribution in [3.8, 4) is 0 Å². The van der Waals surface area contributed by atoms with Gasteiger partial charge in [-0.25, -0.2) is 19.2 Å². The Balaban J connectivity index is -0.0000000369. The Hall–Kier alpha value is -2.04. The van der Waals surface area contributed by atoms with Gasteiger partial charge in [0.1, 0.15) is 0 Å². The maximum atomic E-state index is 8.56. The van der Waals surface area contributed by atoms with E-state index in [1.807, 2.05) is 0 Å². The first-order chi connectivity index (χ1) is 6.93. The summed E-state index contributed by atoms with van der Waals surface area (Å²) >= 11 is 0. The van der Waals surface area contributed by atoms with E-state index in [9.17, 15) is 0 Å². The summed E-state index contributed by atoms with van der Waals surface area (Å²) in [5.74, 6) is 0. The second-order valence-corrected chi connectivity index (χ2v) is 1.13. The number of hydrogen-bond donors (Lipinski definition) is 8. The van der Waals surface area contributed by atoms with Crippen LogP contribution in [0.3, 0.4) is 0 Å². The molecule has 0 aromatic heterocycles. The van der Waals surface area contributed by atoms with E-state index in [1.54, 1.807) is 0 Å². The van der Waals surface area contributed by atoms with Crippen LogP contribution in [0.15, 0.2) is 0 Å². The zero-order valence-corrected chi connectivity index (χ0v) is 10.2. The predicted molar refractivity (Wildman–Crippen MR) is 42.6 cm³/mol. The molecule has 0 bridgehead atoms. The predicted octanol–water partition coefficient (Wildman–Crippen LogP) is 0.887. The molecule has 8 N–H and O–H groups in total. The van der Waals surface area contributed by atoms with E-state index >= 15 is 0 Å². The zero-order chi connectivity index (χ0) is 14.3. The summed E-state index contributed by atoms with van der Waals surface area (Å²) < 4.78 is 0. The van der Waals surface area contributed by atoms with Gasteiger partial charge in [0.2, 0.25) is 0 Å². The van der Waals surface area contributed by atoms with Gasteiger partial charge in [0, 0.05) is 26.2 Å². The van der Waals surface area contributed by atoms with Crippen LogP contribution in [0.1, 0.15) is 0 Å². The first-order valence-corrected chi connectivity index (χ1v) is 2.61. The van der Waals surface area contributed by atoms with Gasteiger partial charge in [-0.05, 0) is 0 Å². The molecule has 0 atom stereocenters. The summed E-state index contributed by atoms with van der Waals surface area (Å²) in [6, 6.07) is 0. The summed E-state index contributed by atoms with van der Waals surface area (Å²) in [6.07, 6.45) is -7.33. The molecule has 0 aliphatic rings. The van der Waals surface area contributed by atoms with E-state index < -0.39 is 24.6 Å². The molecule has 0 aromatic carbocycles. The van der Waals surface area contributed by atoms with Crippen molar-refractivity contribution in [2.24, 2.45) is 0 Å². The minimum absolute atomic E-state index is 0. The molecule has 0 fully saturated rings. The minimum Gasteiger partial charge on any atom is -0.450 e. The van der Waals surface area contributed by atoms with Crippen molar-refractivity contribution in [3.05, 3.63) is 0 Å². The summed E-state index contributed by atoms with van der Waals surface area (Å²) in [4.78, 5) is 34.2. The molecular weight excluding hydrogens is 331 g/mol. The van der Waals surface area contributed by atoms with Crippen molar-refractivity contribution >= 4 is 24.6 Å². The molecule has 0 saturated carbocycles. The maximum Gasteiger partial charge on any atom is 0.503 e. The van der Waals surface area contributed by atoms with Crippen LogP contribution in [0.2, 0.25) is 0 Å². The molecule has 0 heterocycles. The number of carbonyl (C=O) groups is 4. The Morgan fingerprint density at radius 3 is 0.412 bits per heavy atom. The Bertz CT molecular complexity index is 159. The van der Waals surface area contributed by atoms with E-state index in [0.717, 1.165) is 0 Å². The smallest absolute Gasteiger partial charge is 0.450 e. The van der Waals surface area contributed by atoms with Crippen LogP contribution in [-0.4, -0.2) is 65.5 Å². The van der Waals surface area contributed by atoms with Gasteiger partial charge in [0.05, 0.1) is 0 Å². The van der Waals surface area contributed by atoms with Crippen molar-refractivity contribution in [1.82, 2.24) is 0 Å². The second kappa shape index (κ2) is 23.6. The van der Waals surface area contributed by atoms with Crippen LogP contribution >= 0.6 is 0 Å². The summed E-state index contributed by atoms with van der Waals surface area (Å²) in [5.41, 5.74) is 0. The van der Waals surface area contributed by atoms with Gasteiger partial charge in [-0.2, -0.15) is 0 Å². The van der Waals surface area contributed by atoms with Crippen LogP contribution in [0.5, 0.6) is 0 Å². The van der Waals surface area contributed by atoms with E-state index in [-0.39, 0.29) is 26.2 Å². The monoisotopic (exact) mass is 338 g/mol. The molecule has 0 unspecified atom stereocenters. The van der Waals surface area contributed by atoms with E-state index in [1.165, 1.54) is 0 Å². The Labute approximate surface area is 111 Å². The summed E-state index contributed by atoms with van der Waals surface area (Å²) in [7, 11) is 0. The third-order valence-electron chi connectivity index (χ3n) is 0. The van der Waals surface area contributed by atoms with Crippen LogP contribution < -0.4 is 0 Å². The third kappa shape index (κ3) is 482. The zero-order valence-electron chi connectivity index (χ0n) is 7.71. The number of rotatable bonds is 0. The quantitative estimate of drug-likeness (QED) is 0.307. The standard InChI is InChI=1S/4CH2O3.Zr/c4*2-1(3)4;/h4*(H2,2,3,4);. The molecule has 12 nitrogen and oxygen atoms in total. The average molecular weight is 339 g/mol. The molecule has 0 amide bonds. The van der Waals surface area contributed by atoms with Gasteiger partial charge in [-0.3, -0.25) is 0 Å². The fourth-order valence-electron chi connectivity index (χ4n) is 0. The first kappa shape index (κ1) is 29.4. The van der Waals surface area contributed by atoms with Gasteiger partial charge >= 0.3 is 24.6 Å². The van der Waals surface area contributed by atoms with Crippen molar-refractivity contribution < 1.29 is 86.2 Å². The van der Waals surface area contributed by atoms with Crippen LogP contribution in [0, 0.1) is 0 Å². The topological polar surface area (TPSA) is 230 Å². The Kier molecular flexibility index (Phi) is 40.9. The molecule has 0 rings (SSSR count). The fourth-order valence-corrected chi connectivity index (χ4v) is 0. The van der Waals surface area contributed by atoms with Crippen molar-refractivity contribution in [3.63, 3.8) is 0 Å². The van der Waals surface area contributed by atoms with E-state index in [4.69, 9.17) is 60.0 Å². The molecule has 0 radical (unpaired) electrons. The van der Waals surface area contributed by atoms with E-state index in [2.05, 4.69) is 0 Å². The second-order valence-electron chi connectivity index (χ2n) is 1.13. The largest absolute Gasteiger partial charge is 0.503 e. The number of carboxylic acid groups (broad SMARTS) is 8. The SMILES string of the molecule is O=C(O)O.O=C(O)O.O=C(O)O.O=C(O)O.[Zr]. The van der Waals surface area contributed by atoms with Crippen LogP contribution in [-0.2, 0) is 26.2 Å². The van der Waals surface area contributed by atoms with Crippen LogP contribution in [0.25, 0.3) is 0 Å². The van der Waals surface area contributed by atoms with Gasteiger partial charge in [-0.1, -0.05) is 0 Å². The summed E-state index contributed by atoms with van der Waals surface area (Å²) in [6.45, 7) is 0. The molecular formula is C4H8O12Zr. The molecule has 0 saturated heterocycles. The van der Waals surface area contributed by atoms with Gasteiger partial charge in [0.25, 0.3) is 0 Å². The van der Waals surface area contributed by atoms with Crippen molar-refractivity contribution in [2.45, 2.75) is 0 Å². The molecule has 0 aliphatic carbocycles. The molecule has 0 spiro atoms. The van der Waals surface area contributed by atoms with Crippen molar-refractivity contribution in [1.29, 1.82) is 0 Å². The van der Waals surface area contributed by atoms with Crippen LogP contribution in [0.4, 0.5) is 19.2 Å². The van der Waals surface area contributed by atoms with Gasteiger partial charge in [-0.15, -0.1) is 0 Å². The van der Waals surface area contributed by atoms with E-state index in [0.29, 0.717) is 0 Å². The molecule has 0 aromatic rings. The number of hydrogen-bond acceptors (Lipinski definition) is 4. The third-order valence-corrected chi connectivity index (χ3v) is 0. The Morgan fingerprint density at radius 1 is 0.412 bits per heavy atom.